The third kappa shape index (κ3) is 8.09. The zero-order valence-corrected chi connectivity index (χ0v) is 20.2. The van der Waals surface area contributed by atoms with E-state index in [4.69, 9.17) is 18.9 Å². The number of rotatable bonds is 9. The molecule has 0 amide bonds. The van der Waals surface area contributed by atoms with Crippen LogP contribution >= 0.6 is 24.0 Å². The highest BCUT2D eigenvalue weighted by Crippen LogP contribution is 2.25. The van der Waals surface area contributed by atoms with Gasteiger partial charge in [0.15, 0.2) is 5.96 Å². The van der Waals surface area contributed by atoms with Crippen LogP contribution in [0.25, 0.3) is 0 Å². The van der Waals surface area contributed by atoms with Gasteiger partial charge in [-0.25, -0.2) is 0 Å². The van der Waals surface area contributed by atoms with Crippen molar-refractivity contribution in [2.24, 2.45) is 16.8 Å². The first-order chi connectivity index (χ1) is 13.8. The number of aliphatic imine (C=N–C) groups is 1. The van der Waals surface area contributed by atoms with Gasteiger partial charge >= 0.3 is 0 Å². The van der Waals surface area contributed by atoms with E-state index < -0.39 is 0 Å². The summed E-state index contributed by atoms with van der Waals surface area (Å²) in [7, 11) is 0. The van der Waals surface area contributed by atoms with Gasteiger partial charge in [0.1, 0.15) is 5.76 Å². The number of nitrogens with one attached hydrogen (secondary N) is 2. The quantitative estimate of drug-likeness (QED) is 0.294. The summed E-state index contributed by atoms with van der Waals surface area (Å²) >= 11 is 0. The van der Waals surface area contributed by atoms with E-state index in [0.717, 1.165) is 70.3 Å². The molecule has 2 aliphatic heterocycles. The van der Waals surface area contributed by atoms with Gasteiger partial charge in [-0.2, -0.15) is 0 Å². The normalized spacial score (nSPS) is 25.1. The van der Waals surface area contributed by atoms with Crippen molar-refractivity contribution in [1.29, 1.82) is 0 Å². The lowest BCUT2D eigenvalue weighted by Gasteiger charge is -2.35. The van der Waals surface area contributed by atoms with E-state index in [1.165, 1.54) is 12.8 Å². The lowest BCUT2D eigenvalue weighted by molar-refractivity contribution is -0.0324. The average Bonchev–Trinajstić information content (AvgIpc) is 3.41. The second-order valence-corrected chi connectivity index (χ2v) is 8.03. The molecule has 2 fully saturated rings. The molecule has 6 nitrogen and oxygen atoms in total. The van der Waals surface area contributed by atoms with Crippen LogP contribution in [0.2, 0.25) is 0 Å². The van der Waals surface area contributed by atoms with Gasteiger partial charge in [-0.1, -0.05) is 26.7 Å². The van der Waals surface area contributed by atoms with Crippen molar-refractivity contribution >= 4 is 29.9 Å². The molecule has 7 heteroatoms. The van der Waals surface area contributed by atoms with Crippen LogP contribution in [-0.2, 0) is 15.9 Å². The first-order valence-corrected chi connectivity index (χ1v) is 11.0. The van der Waals surface area contributed by atoms with E-state index in [-0.39, 0.29) is 24.0 Å². The van der Waals surface area contributed by atoms with Crippen LogP contribution in [0.1, 0.15) is 51.7 Å². The highest BCUT2D eigenvalue weighted by molar-refractivity contribution is 14.0. The highest BCUT2D eigenvalue weighted by atomic mass is 127. The molecular formula is C22H38IN3O3. The third-order valence-electron chi connectivity index (χ3n) is 6.01. The second kappa shape index (κ2) is 13.5. The summed E-state index contributed by atoms with van der Waals surface area (Å²) in [6.07, 6.45) is 8.48. The fourth-order valence-electron chi connectivity index (χ4n) is 4.15. The van der Waals surface area contributed by atoms with Crippen molar-refractivity contribution in [3.63, 3.8) is 0 Å². The summed E-state index contributed by atoms with van der Waals surface area (Å²) in [5, 5.41) is 7.18. The van der Waals surface area contributed by atoms with Gasteiger partial charge in [0.05, 0.1) is 19.0 Å². The molecule has 3 unspecified atom stereocenters. The molecule has 1 aromatic heterocycles. The van der Waals surface area contributed by atoms with Crippen LogP contribution in [0.15, 0.2) is 27.8 Å². The Balaban J connectivity index is 0.00000300. The lowest BCUT2D eigenvalue weighted by atomic mass is 9.89. The Hall–Kier alpha value is -0.800. The number of hydrogen-bond acceptors (Lipinski definition) is 4. The van der Waals surface area contributed by atoms with Crippen LogP contribution in [0.4, 0.5) is 0 Å². The van der Waals surface area contributed by atoms with Crippen LogP contribution in [0.3, 0.4) is 0 Å². The molecule has 1 aromatic rings. The van der Waals surface area contributed by atoms with Crippen molar-refractivity contribution in [3.8, 4) is 0 Å². The minimum absolute atomic E-state index is 0. The average molecular weight is 519 g/mol. The van der Waals surface area contributed by atoms with Crippen molar-refractivity contribution in [2.75, 3.05) is 32.9 Å². The number of nitrogens with zero attached hydrogens (tertiary/aromatic N) is 1. The van der Waals surface area contributed by atoms with Crippen LogP contribution in [-0.4, -0.2) is 51.0 Å². The lowest BCUT2D eigenvalue weighted by Crippen LogP contribution is -2.49. The van der Waals surface area contributed by atoms with Crippen LogP contribution in [0.5, 0.6) is 0 Å². The predicted molar refractivity (Wildman–Crippen MR) is 127 cm³/mol. The van der Waals surface area contributed by atoms with Gasteiger partial charge in [0, 0.05) is 44.7 Å². The second-order valence-electron chi connectivity index (χ2n) is 8.03. The SMILES string of the molecule is CCC(CC)C1CC(NC(=NCC2CCOC2)NCCc2ccco2)CCO1.I. The first kappa shape index (κ1) is 24.5. The maximum absolute atomic E-state index is 6.08. The van der Waals surface area contributed by atoms with Crippen molar-refractivity contribution < 1.29 is 13.9 Å². The van der Waals surface area contributed by atoms with Gasteiger partial charge in [-0.05, 0) is 37.3 Å². The number of guanidine groups is 1. The van der Waals surface area contributed by atoms with Gasteiger partial charge < -0.3 is 24.5 Å². The Morgan fingerprint density at radius 1 is 1.24 bits per heavy atom. The number of ether oxygens (including phenoxy) is 2. The molecule has 29 heavy (non-hydrogen) atoms. The Labute approximate surface area is 192 Å². The Kier molecular flexibility index (Phi) is 11.4. The van der Waals surface area contributed by atoms with Gasteiger partial charge in [-0.3, -0.25) is 4.99 Å². The molecule has 3 atom stereocenters. The Morgan fingerprint density at radius 2 is 2.10 bits per heavy atom. The molecule has 3 rings (SSSR count). The van der Waals surface area contributed by atoms with E-state index >= 15 is 0 Å². The maximum Gasteiger partial charge on any atom is 0.191 e. The molecule has 2 N–H and O–H groups in total. The first-order valence-electron chi connectivity index (χ1n) is 11.0. The maximum atomic E-state index is 6.08. The summed E-state index contributed by atoms with van der Waals surface area (Å²) in [5.41, 5.74) is 0. The van der Waals surface area contributed by atoms with E-state index in [2.05, 4.69) is 24.5 Å². The zero-order valence-electron chi connectivity index (χ0n) is 17.9. The van der Waals surface area contributed by atoms with E-state index in [0.29, 0.717) is 24.0 Å². The summed E-state index contributed by atoms with van der Waals surface area (Å²) in [6.45, 7) is 8.68. The van der Waals surface area contributed by atoms with Crippen molar-refractivity contribution in [1.82, 2.24) is 10.6 Å². The summed E-state index contributed by atoms with van der Waals surface area (Å²) in [4.78, 5) is 4.87. The zero-order chi connectivity index (χ0) is 19.6. The highest BCUT2D eigenvalue weighted by Gasteiger charge is 2.28. The summed E-state index contributed by atoms with van der Waals surface area (Å²) in [5.74, 6) is 3.09. The molecule has 0 radical (unpaired) electrons. The van der Waals surface area contributed by atoms with E-state index in [1.807, 2.05) is 12.1 Å². The van der Waals surface area contributed by atoms with E-state index in [1.54, 1.807) is 6.26 Å². The molecular weight excluding hydrogens is 481 g/mol. The van der Waals surface area contributed by atoms with Crippen molar-refractivity contribution in [2.45, 2.75) is 64.5 Å². The Morgan fingerprint density at radius 3 is 2.79 bits per heavy atom. The topological polar surface area (TPSA) is 68.0 Å². The molecule has 0 bridgehead atoms. The molecule has 0 spiro atoms. The molecule has 3 heterocycles. The van der Waals surface area contributed by atoms with Gasteiger partial charge in [0.25, 0.3) is 0 Å². The fourth-order valence-corrected chi connectivity index (χ4v) is 4.15. The molecule has 2 aliphatic rings. The molecule has 0 aromatic carbocycles. The largest absolute Gasteiger partial charge is 0.469 e. The summed E-state index contributed by atoms with van der Waals surface area (Å²) < 4.78 is 17.0. The van der Waals surface area contributed by atoms with Gasteiger partial charge in [0.2, 0.25) is 0 Å². The smallest absolute Gasteiger partial charge is 0.191 e. The third-order valence-corrected chi connectivity index (χ3v) is 6.01. The van der Waals surface area contributed by atoms with Gasteiger partial charge in [-0.15, -0.1) is 24.0 Å². The predicted octanol–water partition coefficient (Wildman–Crippen LogP) is 4.00. The fraction of sp³-hybridized carbons (Fsp3) is 0.773. The molecule has 166 valence electrons. The molecule has 0 aliphatic carbocycles. The van der Waals surface area contributed by atoms with Crippen molar-refractivity contribution in [3.05, 3.63) is 24.2 Å². The number of halogens is 1. The van der Waals surface area contributed by atoms with Crippen LogP contribution in [0, 0.1) is 11.8 Å². The molecule has 2 saturated heterocycles. The minimum atomic E-state index is 0. The standard InChI is InChI=1S/C22H37N3O3.HI/c1-3-18(4-2)21-14-19(9-13-28-21)25-22(24-15-17-8-12-26-16-17)23-10-7-20-6-5-11-27-20;/h5-6,11,17-19,21H,3-4,7-10,12-16H2,1-2H3,(H2,23,24,25);1H. The number of hydrogen-bond donors (Lipinski definition) is 2. The number of furan rings is 1. The monoisotopic (exact) mass is 519 g/mol. The minimum Gasteiger partial charge on any atom is -0.469 e. The van der Waals surface area contributed by atoms with Crippen LogP contribution < -0.4 is 10.6 Å². The Bertz CT molecular complexity index is 572. The molecule has 0 saturated carbocycles. The van der Waals surface area contributed by atoms with E-state index in [9.17, 15) is 0 Å². The summed E-state index contributed by atoms with van der Waals surface area (Å²) in [6, 6.07) is 4.36.